The quantitative estimate of drug-likeness (QED) is 0.697. The van der Waals surface area contributed by atoms with E-state index in [9.17, 15) is 0 Å². The molecule has 0 aromatic heterocycles. The van der Waals surface area contributed by atoms with Gasteiger partial charge in [-0.25, -0.2) is 0 Å². The van der Waals surface area contributed by atoms with Crippen molar-refractivity contribution in [2.24, 2.45) is 0 Å². The van der Waals surface area contributed by atoms with Crippen molar-refractivity contribution in [2.75, 3.05) is 13.2 Å². The van der Waals surface area contributed by atoms with E-state index in [2.05, 4.69) is 23.3 Å². The van der Waals surface area contributed by atoms with Crippen molar-refractivity contribution in [3.8, 4) is 0 Å². The molecule has 0 bridgehead atoms. The summed E-state index contributed by atoms with van der Waals surface area (Å²) in [5.41, 5.74) is 1.46. The van der Waals surface area contributed by atoms with Crippen LogP contribution in [0, 0.1) is 0 Å². The van der Waals surface area contributed by atoms with Crippen LogP contribution in [0.1, 0.15) is 25.7 Å². The summed E-state index contributed by atoms with van der Waals surface area (Å²) in [7, 11) is 0. The number of aliphatic hydroxyl groups excluding tert-OH is 1. The first-order chi connectivity index (χ1) is 6.42. The third-order valence-corrected chi connectivity index (χ3v) is 2.91. The normalized spacial score (nSPS) is 27.0. The topological polar surface area (TPSA) is 23.5 Å². The summed E-state index contributed by atoms with van der Waals surface area (Å²) in [5, 5.41) is 8.89. The van der Waals surface area contributed by atoms with Crippen LogP contribution in [-0.4, -0.2) is 29.2 Å². The van der Waals surface area contributed by atoms with E-state index in [1.165, 1.54) is 31.3 Å². The molecule has 0 fully saturated rings. The number of nitrogens with zero attached hydrogens (tertiary/aromatic N) is 1. The summed E-state index contributed by atoms with van der Waals surface area (Å²) in [6.45, 7) is 1.03. The van der Waals surface area contributed by atoms with Crippen molar-refractivity contribution in [3.05, 3.63) is 23.9 Å². The molecular weight excluding hydrogens is 162 g/mol. The highest BCUT2D eigenvalue weighted by molar-refractivity contribution is 5.31. The molecule has 1 heterocycles. The maximum absolute atomic E-state index is 8.89. The maximum Gasteiger partial charge on any atom is 0.0606 e. The Morgan fingerprint density at radius 1 is 1.46 bits per heavy atom. The molecule has 72 valence electrons. The lowest BCUT2D eigenvalue weighted by Crippen LogP contribution is -2.30. The molecule has 2 rings (SSSR count). The van der Waals surface area contributed by atoms with Crippen molar-refractivity contribution in [2.45, 2.75) is 31.7 Å². The van der Waals surface area contributed by atoms with Gasteiger partial charge in [0, 0.05) is 12.7 Å². The molecule has 1 aliphatic carbocycles. The van der Waals surface area contributed by atoms with E-state index in [4.69, 9.17) is 5.11 Å². The molecule has 0 aromatic carbocycles. The number of hydrogen-bond acceptors (Lipinski definition) is 2. The van der Waals surface area contributed by atoms with Crippen LogP contribution in [0.4, 0.5) is 0 Å². The fraction of sp³-hybridized carbons (Fsp3) is 0.636. The van der Waals surface area contributed by atoms with Crippen LogP contribution < -0.4 is 0 Å². The number of fused-ring (bicyclic) bond motifs is 1. The fourth-order valence-electron chi connectivity index (χ4n) is 2.22. The Balaban J connectivity index is 2.07. The van der Waals surface area contributed by atoms with Crippen LogP contribution in [-0.2, 0) is 0 Å². The first-order valence-electron chi connectivity index (χ1n) is 5.16. The lowest BCUT2D eigenvalue weighted by molar-refractivity contribution is 0.216. The maximum atomic E-state index is 8.89. The zero-order valence-electron chi connectivity index (χ0n) is 7.95. The highest BCUT2D eigenvalue weighted by Gasteiger charge is 2.23. The van der Waals surface area contributed by atoms with E-state index >= 15 is 0 Å². The molecule has 0 spiro atoms. The molecule has 1 N–H and O–H groups in total. The van der Waals surface area contributed by atoms with Gasteiger partial charge in [0.25, 0.3) is 0 Å². The molecule has 2 aliphatic rings. The molecule has 0 unspecified atom stereocenters. The van der Waals surface area contributed by atoms with Crippen molar-refractivity contribution in [3.63, 3.8) is 0 Å². The van der Waals surface area contributed by atoms with Gasteiger partial charge < -0.3 is 10.0 Å². The second-order valence-electron chi connectivity index (χ2n) is 3.78. The number of aliphatic hydroxyl groups is 1. The molecule has 13 heavy (non-hydrogen) atoms. The van der Waals surface area contributed by atoms with E-state index < -0.39 is 0 Å². The molecule has 0 aromatic rings. The van der Waals surface area contributed by atoms with E-state index in [0.717, 1.165) is 6.54 Å². The summed E-state index contributed by atoms with van der Waals surface area (Å²) in [5.74, 6) is 0. The van der Waals surface area contributed by atoms with Gasteiger partial charge in [0.2, 0.25) is 0 Å². The molecule has 2 heteroatoms. The van der Waals surface area contributed by atoms with Crippen LogP contribution >= 0.6 is 0 Å². The van der Waals surface area contributed by atoms with Gasteiger partial charge >= 0.3 is 0 Å². The smallest absolute Gasteiger partial charge is 0.0606 e. The largest absolute Gasteiger partial charge is 0.395 e. The summed E-state index contributed by atoms with van der Waals surface area (Å²) in [4.78, 5) is 2.26. The molecule has 0 saturated heterocycles. The highest BCUT2D eigenvalue weighted by atomic mass is 16.3. The minimum Gasteiger partial charge on any atom is -0.395 e. The van der Waals surface area contributed by atoms with Gasteiger partial charge in [-0.2, -0.15) is 0 Å². The molecule has 0 radical (unpaired) electrons. The van der Waals surface area contributed by atoms with E-state index in [0.29, 0.717) is 6.04 Å². The number of β-amino-alcohol motifs (C(OH)–C–C–N with tert-alkyl or cyclic N) is 1. The average molecular weight is 179 g/mol. The predicted molar refractivity (Wildman–Crippen MR) is 53.3 cm³/mol. The fourth-order valence-corrected chi connectivity index (χ4v) is 2.22. The standard InChI is InChI=1S/C11H17NO/c13-9-8-12-7-6-10-4-2-1-3-5-11(10)12/h4,6-7,11,13H,1-3,5,8-9H2/t11-/m1/s1. The zero-order chi connectivity index (χ0) is 9.10. The first-order valence-corrected chi connectivity index (χ1v) is 5.16. The molecule has 1 aliphatic heterocycles. The third kappa shape index (κ3) is 1.78. The van der Waals surface area contributed by atoms with Crippen LogP contribution in [0.3, 0.4) is 0 Å². The highest BCUT2D eigenvalue weighted by Crippen LogP contribution is 2.28. The Labute approximate surface area is 79.6 Å². The number of allylic oxidation sites excluding steroid dienone is 1. The molecule has 2 nitrogen and oxygen atoms in total. The lowest BCUT2D eigenvalue weighted by Gasteiger charge is -2.24. The summed E-state index contributed by atoms with van der Waals surface area (Å²) < 4.78 is 0. The van der Waals surface area contributed by atoms with Crippen molar-refractivity contribution in [1.29, 1.82) is 0 Å². The van der Waals surface area contributed by atoms with Gasteiger partial charge in [-0.15, -0.1) is 0 Å². The number of rotatable bonds is 2. The van der Waals surface area contributed by atoms with Gasteiger partial charge in [-0.05, 0) is 30.9 Å². The monoisotopic (exact) mass is 179 g/mol. The van der Waals surface area contributed by atoms with Crippen LogP contribution in [0.5, 0.6) is 0 Å². The minimum absolute atomic E-state index is 0.258. The molecule has 1 atom stereocenters. The van der Waals surface area contributed by atoms with E-state index in [1.54, 1.807) is 0 Å². The Kier molecular flexibility index (Phi) is 2.69. The average Bonchev–Trinajstić information content (AvgIpc) is 2.38. The molecule has 0 amide bonds. The summed E-state index contributed by atoms with van der Waals surface area (Å²) >= 11 is 0. The molecule has 0 saturated carbocycles. The first kappa shape index (κ1) is 8.82. The minimum atomic E-state index is 0.258. The van der Waals surface area contributed by atoms with E-state index in [-0.39, 0.29) is 6.61 Å². The van der Waals surface area contributed by atoms with Crippen LogP contribution in [0.15, 0.2) is 23.9 Å². The van der Waals surface area contributed by atoms with Gasteiger partial charge in [0.15, 0.2) is 0 Å². The van der Waals surface area contributed by atoms with Crippen molar-refractivity contribution in [1.82, 2.24) is 4.90 Å². The Morgan fingerprint density at radius 2 is 2.38 bits per heavy atom. The van der Waals surface area contributed by atoms with Crippen LogP contribution in [0.2, 0.25) is 0 Å². The Hall–Kier alpha value is -0.760. The van der Waals surface area contributed by atoms with Gasteiger partial charge in [0.1, 0.15) is 0 Å². The second kappa shape index (κ2) is 3.97. The SMILES string of the molecule is OCCN1C=CC2=CCCCC[C@H]21. The Morgan fingerprint density at radius 3 is 3.23 bits per heavy atom. The molecular formula is C11H17NO. The van der Waals surface area contributed by atoms with Crippen molar-refractivity contribution < 1.29 is 5.11 Å². The zero-order valence-corrected chi connectivity index (χ0v) is 7.95. The predicted octanol–water partition coefficient (Wildman–Crippen LogP) is 1.68. The van der Waals surface area contributed by atoms with Gasteiger partial charge in [-0.1, -0.05) is 12.5 Å². The Bertz CT molecular complexity index is 232. The van der Waals surface area contributed by atoms with Crippen molar-refractivity contribution >= 4 is 0 Å². The summed E-state index contributed by atoms with van der Waals surface area (Å²) in [6, 6.07) is 0.564. The van der Waals surface area contributed by atoms with Gasteiger partial charge in [-0.3, -0.25) is 0 Å². The van der Waals surface area contributed by atoms with E-state index in [1.807, 2.05) is 0 Å². The third-order valence-electron chi connectivity index (χ3n) is 2.91. The summed E-state index contributed by atoms with van der Waals surface area (Å²) in [6.07, 6.45) is 11.8. The second-order valence-corrected chi connectivity index (χ2v) is 3.78. The lowest BCUT2D eigenvalue weighted by atomic mass is 10.1. The van der Waals surface area contributed by atoms with Gasteiger partial charge in [0.05, 0.1) is 12.6 Å². The number of hydrogen-bond donors (Lipinski definition) is 1. The van der Waals surface area contributed by atoms with Crippen LogP contribution in [0.25, 0.3) is 0 Å².